The molecular weight excluding hydrogens is 482 g/mol. The molecule has 2 aromatic carbocycles. The Hall–Kier alpha value is -3.92. The van der Waals surface area contributed by atoms with Crippen molar-refractivity contribution in [2.75, 3.05) is 6.61 Å². The fraction of sp³-hybridized carbons (Fsp3) is 0.0909. The van der Waals surface area contributed by atoms with Gasteiger partial charge in [-0.05, 0) is 65.3 Å². The van der Waals surface area contributed by atoms with E-state index in [1.54, 1.807) is 42.5 Å². The molecule has 4 rings (SSSR count). The van der Waals surface area contributed by atoms with E-state index in [1.807, 2.05) is 6.92 Å². The maximum absolute atomic E-state index is 12.3. The van der Waals surface area contributed by atoms with E-state index in [-0.39, 0.29) is 11.4 Å². The van der Waals surface area contributed by atoms with E-state index >= 15 is 0 Å². The first-order chi connectivity index (χ1) is 15.4. The van der Waals surface area contributed by atoms with Gasteiger partial charge in [0.1, 0.15) is 22.9 Å². The van der Waals surface area contributed by atoms with Crippen LogP contribution in [0.15, 0.2) is 73.0 Å². The van der Waals surface area contributed by atoms with E-state index < -0.39 is 10.8 Å². The summed E-state index contributed by atoms with van der Waals surface area (Å²) in [5, 5.41) is 15.5. The molecule has 0 radical (unpaired) electrons. The molecule has 162 valence electrons. The zero-order valence-electron chi connectivity index (χ0n) is 16.7. The van der Waals surface area contributed by atoms with Crippen molar-refractivity contribution in [1.29, 1.82) is 0 Å². The Kier molecular flexibility index (Phi) is 6.04. The van der Waals surface area contributed by atoms with E-state index in [0.29, 0.717) is 39.5 Å². The molecule has 10 heteroatoms. The highest BCUT2D eigenvalue weighted by atomic mass is 79.9. The van der Waals surface area contributed by atoms with E-state index in [4.69, 9.17) is 13.6 Å². The van der Waals surface area contributed by atoms with Gasteiger partial charge in [-0.3, -0.25) is 14.9 Å². The molecule has 0 saturated heterocycles. The number of hydrogen-bond donors (Lipinski definition) is 1. The number of carbonyl (C=O) groups excluding carboxylic acids is 1. The molecule has 0 unspecified atom stereocenters. The maximum atomic E-state index is 12.3. The van der Waals surface area contributed by atoms with Crippen LogP contribution < -0.4 is 10.2 Å². The van der Waals surface area contributed by atoms with Gasteiger partial charge in [0.15, 0.2) is 5.76 Å². The van der Waals surface area contributed by atoms with Crippen molar-refractivity contribution in [3.63, 3.8) is 0 Å². The Morgan fingerprint density at radius 1 is 1.19 bits per heavy atom. The molecule has 0 aliphatic rings. The molecule has 0 spiro atoms. The molecule has 0 aliphatic heterocycles. The zero-order valence-corrected chi connectivity index (χ0v) is 18.3. The number of furan rings is 2. The van der Waals surface area contributed by atoms with Crippen LogP contribution in [0.2, 0.25) is 0 Å². The second kappa shape index (κ2) is 9.06. The Morgan fingerprint density at radius 3 is 2.78 bits per heavy atom. The van der Waals surface area contributed by atoms with E-state index in [0.717, 1.165) is 5.39 Å². The molecule has 0 aliphatic carbocycles. The number of nitro benzene ring substituents is 1. The number of nitrogens with one attached hydrogen (secondary N) is 1. The number of amides is 1. The van der Waals surface area contributed by atoms with Crippen LogP contribution in [-0.2, 0) is 0 Å². The van der Waals surface area contributed by atoms with Crippen LogP contribution in [0.25, 0.3) is 22.3 Å². The summed E-state index contributed by atoms with van der Waals surface area (Å²) >= 11 is 3.31. The maximum Gasteiger partial charge on any atom is 0.307 e. The van der Waals surface area contributed by atoms with Crippen molar-refractivity contribution in [3.8, 4) is 17.1 Å². The average molecular weight is 498 g/mol. The van der Waals surface area contributed by atoms with Crippen molar-refractivity contribution >= 4 is 44.7 Å². The lowest BCUT2D eigenvalue weighted by Crippen LogP contribution is -2.16. The van der Waals surface area contributed by atoms with Gasteiger partial charge in [-0.15, -0.1) is 0 Å². The Bertz CT molecular complexity index is 1340. The third kappa shape index (κ3) is 4.54. The summed E-state index contributed by atoms with van der Waals surface area (Å²) < 4.78 is 17.2. The van der Waals surface area contributed by atoms with Gasteiger partial charge in [-0.1, -0.05) is 0 Å². The van der Waals surface area contributed by atoms with Gasteiger partial charge in [0.25, 0.3) is 5.69 Å². The normalized spacial score (nSPS) is 11.2. The van der Waals surface area contributed by atoms with Gasteiger partial charge in [0.2, 0.25) is 0 Å². The molecule has 1 amide bonds. The molecule has 0 fully saturated rings. The van der Waals surface area contributed by atoms with E-state index in [2.05, 4.69) is 26.5 Å². The third-order valence-corrected chi connectivity index (χ3v) is 5.09. The lowest BCUT2D eigenvalue weighted by atomic mass is 10.1. The average Bonchev–Trinajstić information content (AvgIpc) is 3.40. The minimum atomic E-state index is -0.514. The van der Waals surface area contributed by atoms with Crippen LogP contribution in [0.4, 0.5) is 5.69 Å². The smallest absolute Gasteiger partial charge is 0.307 e. The predicted octanol–water partition coefficient (Wildman–Crippen LogP) is 5.53. The van der Waals surface area contributed by atoms with Crippen molar-refractivity contribution in [1.82, 2.24) is 5.43 Å². The van der Waals surface area contributed by atoms with E-state index in [1.165, 1.54) is 18.3 Å². The van der Waals surface area contributed by atoms with Gasteiger partial charge in [0.05, 0.1) is 17.7 Å². The van der Waals surface area contributed by atoms with E-state index in [9.17, 15) is 14.9 Å². The fourth-order valence-electron chi connectivity index (χ4n) is 2.98. The molecule has 32 heavy (non-hydrogen) atoms. The monoisotopic (exact) mass is 497 g/mol. The first-order valence-electron chi connectivity index (χ1n) is 9.48. The summed E-state index contributed by atoms with van der Waals surface area (Å²) in [5.41, 5.74) is 3.57. The largest absolute Gasteiger partial charge is 0.494 e. The topological polar surface area (TPSA) is 120 Å². The van der Waals surface area contributed by atoms with Crippen LogP contribution in [0.5, 0.6) is 5.75 Å². The summed E-state index contributed by atoms with van der Waals surface area (Å²) in [6, 6.07) is 14.6. The molecule has 4 aromatic rings. The number of carbonyl (C=O) groups is 1. The quantitative estimate of drug-likeness (QED) is 0.203. The summed E-state index contributed by atoms with van der Waals surface area (Å²) in [6.07, 6.45) is 1.34. The van der Waals surface area contributed by atoms with Crippen molar-refractivity contribution in [3.05, 3.63) is 80.7 Å². The SMILES string of the molecule is CCOc1ccc2oc(C(=O)N/N=C\c3ccc(-c4ccc([N+](=O)[O-])cc4Br)o3)cc2c1. The summed E-state index contributed by atoms with van der Waals surface area (Å²) in [6.45, 7) is 2.43. The molecule has 9 nitrogen and oxygen atoms in total. The van der Waals surface area contributed by atoms with Crippen LogP contribution in [0.3, 0.4) is 0 Å². The van der Waals surface area contributed by atoms with Crippen molar-refractivity contribution in [2.45, 2.75) is 6.92 Å². The highest BCUT2D eigenvalue weighted by molar-refractivity contribution is 9.10. The number of halogens is 1. The van der Waals surface area contributed by atoms with Crippen molar-refractivity contribution < 1.29 is 23.3 Å². The zero-order chi connectivity index (χ0) is 22.7. The Balaban J connectivity index is 1.43. The highest BCUT2D eigenvalue weighted by Gasteiger charge is 2.14. The second-order valence-electron chi connectivity index (χ2n) is 6.57. The molecule has 0 atom stereocenters. The number of non-ortho nitro benzene ring substituents is 1. The summed E-state index contributed by atoms with van der Waals surface area (Å²) in [5.74, 6) is 1.17. The number of nitrogens with zero attached hydrogens (tertiary/aromatic N) is 2. The van der Waals surface area contributed by atoms with Crippen LogP contribution >= 0.6 is 15.9 Å². The fourth-order valence-corrected chi connectivity index (χ4v) is 3.55. The van der Waals surface area contributed by atoms with Crippen LogP contribution in [0.1, 0.15) is 23.2 Å². The van der Waals surface area contributed by atoms with Gasteiger partial charge >= 0.3 is 5.91 Å². The molecular formula is C22H16BrN3O6. The van der Waals surface area contributed by atoms with Gasteiger partial charge < -0.3 is 13.6 Å². The number of benzene rings is 2. The predicted molar refractivity (Wildman–Crippen MR) is 121 cm³/mol. The number of hydrazone groups is 1. The Morgan fingerprint density at radius 2 is 2.03 bits per heavy atom. The first-order valence-corrected chi connectivity index (χ1v) is 10.3. The molecule has 2 heterocycles. The standard InChI is InChI=1S/C22H16BrN3O6/c1-2-30-15-4-7-19-13(9-15)10-21(32-19)22(27)25-24-12-16-5-8-20(31-16)17-6-3-14(26(28)29)11-18(17)23/h3-12H,2H2,1H3,(H,25,27)/b24-12-. The van der Waals surface area contributed by atoms with Crippen molar-refractivity contribution in [2.24, 2.45) is 5.10 Å². The van der Waals surface area contributed by atoms with Gasteiger partial charge in [-0.25, -0.2) is 5.43 Å². The summed E-state index contributed by atoms with van der Waals surface area (Å²) in [7, 11) is 0. The van der Waals surface area contributed by atoms with Gasteiger partial charge in [0, 0.05) is 27.6 Å². The number of nitro groups is 1. The summed E-state index contributed by atoms with van der Waals surface area (Å²) in [4.78, 5) is 22.7. The second-order valence-corrected chi connectivity index (χ2v) is 7.42. The molecule has 1 N–H and O–H groups in total. The van der Waals surface area contributed by atoms with Gasteiger partial charge in [-0.2, -0.15) is 5.10 Å². The van der Waals surface area contributed by atoms with Crippen LogP contribution in [-0.4, -0.2) is 23.7 Å². The Labute approximate surface area is 189 Å². The first kappa shape index (κ1) is 21.3. The lowest BCUT2D eigenvalue weighted by Gasteiger charge is -2.00. The number of fused-ring (bicyclic) bond motifs is 1. The van der Waals surface area contributed by atoms with Crippen LogP contribution in [0, 0.1) is 10.1 Å². The number of ether oxygens (including phenoxy) is 1. The lowest BCUT2D eigenvalue weighted by molar-refractivity contribution is -0.384. The number of rotatable bonds is 7. The molecule has 0 saturated carbocycles. The minimum Gasteiger partial charge on any atom is -0.494 e. The number of hydrogen-bond acceptors (Lipinski definition) is 7. The minimum absolute atomic E-state index is 0.0311. The molecule has 2 aromatic heterocycles. The highest BCUT2D eigenvalue weighted by Crippen LogP contribution is 2.32. The third-order valence-electron chi connectivity index (χ3n) is 4.44. The molecule has 0 bridgehead atoms.